The van der Waals surface area contributed by atoms with Crippen molar-refractivity contribution in [2.75, 3.05) is 51.2 Å². The number of nitrogens with one attached hydrogen (secondary N) is 2. The van der Waals surface area contributed by atoms with Gasteiger partial charge in [-0.05, 0) is 42.1 Å². The van der Waals surface area contributed by atoms with Crippen LogP contribution in [0.1, 0.15) is 4.88 Å². The summed E-state index contributed by atoms with van der Waals surface area (Å²) in [5.74, 6) is 0.752. The van der Waals surface area contributed by atoms with E-state index in [9.17, 15) is 4.79 Å². The molecule has 0 bridgehead atoms. The minimum absolute atomic E-state index is 0.0944. The molecule has 0 saturated carbocycles. The van der Waals surface area contributed by atoms with Crippen LogP contribution in [0.3, 0.4) is 0 Å². The van der Waals surface area contributed by atoms with E-state index in [1.165, 1.54) is 4.88 Å². The number of piperazine rings is 1. The number of carbonyl (C=O) groups is 1. The number of anilines is 1. The van der Waals surface area contributed by atoms with Crippen LogP contribution in [0.15, 0.2) is 46.8 Å². The maximum absolute atomic E-state index is 12.5. The Morgan fingerprint density at radius 1 is 1.14 bits per heavy atom. The highest BCUT2D eigenvalue weighted by atomic mass is 35.5. The first-order valence-electron chi connectivity index (χ1n) is 9.41. The third-order valence-corrected chi connectivity index (χ3v) is 5.89. The van der Waals surface area contributed by atoms with E-state index in [0.717, 1.165) is 36.8 Å². The first-order valence-corrected chi connectivity index (χ1v) is 10.7. The molecule has 3 rings (SSSR count). The van der Waals surface area contributed by atoms with E-state index in [0.29, 0.717) is 19.0 Å². The summed E-state index contributed by atoms with van der Waals surface area (Å²) in [7, 11) is 1.72. The Morgan fingerprint density at radius 3 is 2.54 bits per heavy atom. The summed E-state index contributed by atoms with van der Waals surface area (Å²) >= 11 is 7.70. The van der Waals surface area contributed by atoms with Crippen molar-refractivity contribution in [2.45, 2.75) is 6.42 Å². The van der Waals surface area contributed by atoms with Gasteiger partial charge in [0, 0.05) is 55.4 Å². The second kappa shape index (κ2) is 10.3. The Balaban J connectivity index is 1.38. The molecule has 1 aromatic carbocycles. The summed E-state index contributed by atoms with van der Waals surface area (Å²) in [6.07, 6.45) is 0.943. The van der Waals surface area contributed by atoms with Crippen LogP contribution in [0.4, 0.5) is 5.69 Å². The van der Waals surface area contributed by atoms with Crippen LogP contribution in [0.2, 0.25) is 5.02 Å². The van der Waals surface area contributed by atoms with Gasteiger partial charge in [-0.3, -0.25) is 9.79 Å². The number of hydrogen-bond donors (Lipinski definition) is 2. The van der Waals surface area contributed by atoms with E-state index in [1.807, 2.05) is 29.2 Å². The lowest BCUT2D eigenvalue weighted by Gasteiger charge is -2.36. The highest BCUT2D eigenvalue weighted by molar-refractivity contribution is 7.09. The van der Waals surface area contributed by atoms with Gasteiger partial charge in [0.25, 0.3) is 0 Å². The predicted octanol–water partition coefficient (Wildman–Crippen LogP) is 2.46. The van der Waals surface area contributed by atoms with Crippen LogP contribution in [-0.4, -0.2) is 63.1 Å². The summed E-state index contributed by atoms with van der Waals surface area (Å²) < 4.78 is 0. The normalized spacial score (nSPS) is 14.9. The van der Waals surface area contributed by atoms with Crippen molar-refractivity contribution in [2.24, 2.45) is 4.99 Å². The number of rotatable bonds is 6. The minimum atomic E-state index is 0.0944. The summed E-state index contributed by atoms with van der Waals surface area (Å²) in [4.78, 5) is 22.2. The molecule has 1 saturated heterocycles. The smallest absolute Gasteiger partial charge is 0.242 e. The monoisotopic (exact) mass is 419 g/mol. The standard InChI is InChI=1S/C20H26ClN5OS/c1-22-20(23-9-8-18-3-2-14-28-18)24-15-19(27)26-12-10-25(11-13-26)17-6-4-16(21)5-7-17/h2-7,14H,8-13,15H2,1H3,(H2,22,23,24). The van der Waals surface area contributed by atoms with Crippen LogP contribution in [0, 0.1) is 0 Å². The average molecular weight is 420 g/mol. The molecule has 1 aromatic heterocycles. The maximum atomic E-state index is 12.5. The number of amides is 1. The molecule has 6 nitrogen and oxygen atoms in total. The van der Waals surface area contributed by atoms with Crippen molar-refractivity contribution in [3.63, 3.8) is 0 Å². The lowest BCUT2D eigenvalue weighted by Crippen LogP contribution is -2.52. The molecule has 2 N–H and O–H groups in total. The SMILES string of the molecule is CN=C(NCCc1cccs1)NCC(=O)N1CCN(c2ccc(Cl)cc2)CC1. The molecule has 0 aliphatic carbocycles. The van der Waals surface area contributed by atoms with Crippen molar-refractivity contribution >= 4 is 40.5 Å². The van der Waals surface area contributed by atoms with Gasteiger partial charge in [0.2, 0.25) is 5.91 Å². The van der Waals surface area contributed by atoms with Gasteiger partial charge in [-0.25, -0.2) is 0 Å². The number of benzene rings is 1. The molecule has 1 aliphatic heterocycles. The first-order chi connectivity index (χ1) is 13.7. The molecule has 150 valence electrons. The number of halogens is 1. The van der Waals surface area contributed by atoms with Crippen LogP contribution >= 0.6 is 22.9 Å². The number of thiophene rings is 1. The summed E-state index contributed by atoms with van der Waals surface area (Å²) in [6, 6.07) is 12.0. The fourth-order valence-corrected chi connectivity index (χ4v) is 3.95. The zero-order chi connectivity index (χ0) is 19.8. The summed E-state index contributed by atoms with van der Waals surface area (Å²) in [5, 5.41) is 9.19. The molecule has 0 atom stereocenters. The highest BCUT2D eigenvalue weighted by Crippen LogP contribution is 2.19. The largest absolute Gasteiger partial charge is 0.368 e. The van der Waals surface area contributed by atoms with E-state index < -0.39 is 0 Å². The topological polar surface area (TPSA) is 60.0 Å². The Kier molecular flexibility index (Phi) is 7.56. The van der Waals surface area contributed by atoms with Crippen molar-refractivity contribution in [1.29, 1.82) is 0 Å². The van der Waals surface area contributed by atoms with Gasteiger partial charge < -0.3 is 20.4 Å². The second-order valence-electron chi connectivity index (χ2n) is 6.53. The Morgan fingerprint density at radius 2 is 1.89 bits per heavy atom. The quantitative estimate of drug-likeness (QED) is 0.557. The molecule has 0 radical (unpaired) electrons. The zero-order valence-corrected chi connectivity index (χ0v) is 17.6. The fraction of sp³-hybridized carbons (Fsp3) is 0.400. The lowest BCUT2D eigenvalue weighted by atomic mass is 10.2. The van der Waals surface area contributed by atoms with Crippen molar-refractivity contribution in [1.82, 2.24) is 15.5 Å². The minimum Gasteiger partial charge on any atom is -0.368 e. The van der Waals surface area contributed by atoms with Gasteiger partial charge in [0.05, 0.1) is 6.54 Å². The van der Waals surface area contributed by atoms with Crippen molar-refractivity contribution in [3.05, 3.63) is 51.7 Å². The van der Waals surface area contributed by atoms with Gasteiger partial charge in [-0.15, -0.1) is 11.3 Å². The Labute approximate surface area is 175 Å². The van der Waals surface area contributed by atoms with E-state index in [1.54, 1.807) is 18.4 Å². The van der Waals surface area contributed by atoms with Gasteiger partial charge in [0.15, 0.2) is 5.96 Å². The number of hydrogen-bond acceptors (Lipinski definition) is 4. The van der Waals surface area contributed by atoms with Gasteiger partial charge in [-0.1, -0.05) is 17.7 Å². The molecule has 2 aromatic rings. The molecule has 2 heterocycles. The van der Waals surface area contributed by atoms with Crippen LogP contribution in [0.5, 0.6) is 0 Å². The first kappa shape index (κ1) is 20.5. The summed E-state index contributed by atoms with van der Waals surface area (Å²) in [6.45, 7) is 4.11. The predicted molar refractivity (Wildman–Crippen MR) is 118 cm³/mol. The Bertz CT molecular complexity index is 770. The number of aliphatic imine (C=N–C) groups is 1. The number of nitrogens with zero attached hydrogens (tertiary/aromatic N) is 3. The molecule has 0 spiro atoms. The molecule has 8 heteroatoms. The van der Waals surface area contributed by atoms with Crippen LogP contribution < -0.4 is 15.5 Å². The number of carbonyl (C=O) groups excluding carboxylic acids is 1. The third-order valence-electron chi connectivity index (χ3n) is 4.70. The summed E-state index contributed by atoms with van der Waals surface area (Å²) in [5.41, 5.74) is 1.14. The molecule has 28 heavy (non-hydrogen) atoms. The maximum Gasteiger partial charge on any atom is 0.242 e. The highest BCUT2D eigenvalue weighted by Gasteiger charge is 2.21. The second-order valence-corrected chi connectivity index (χ2v) is 7.99. The van der Waals surface area contributed by atoms with Gasteiger partial charge >= 0.3 is 0 Å². The number of guanidine groups is 1. The molecule has 0 unspecified atom stereocenters. The van der Waals surface area contributed by atoms with E-state index in [4.69, 9.17) is 11.6 Å². The van der Waals surface area contributed by atoms with E-state index in [-0.39, 0.29) is 12.5 Å². The van der Waals surface area contributed by atoms with Crippen LogP contribution in [-0.2, 0) is 11.2 Å². The van der Waals surface area contributed by atoms with E-state index in [2.05, 4.69) is 38.0 Å². The van der Waals surface area contributed by atoms with E-state index >= 15 is 0 Å². The molecular formula is C20H26ClN5OS. The van der Waals surface area contributed by atoms with Crippen LogP contribution in [0.25, 0.3) is 0 Å². The zero-order valence-electron chi connectivity index (χ0n) is 16.0. The Hall–Kier alpha value is -2.25. The molecule has 1 aliphatic rings. The van der Waals surface area contributed by atoms with Crippen molar-refractivity contribution < 1.29 is 4.79 Å². The average Bonchev–Trinajstić information content (AvgIpc) is 3.24. The molecular weight excluding hydrogens is 394 g/mol. The molecule has 1 fully saturated rings. The lowest BCUT2D eigenvalue weighted by molar-refractivity contribution is -0.130. The van der Waals surface area contributed by atoms with Crippen molar-refractivity contribution in [3.8, 4) is 0 Å². The third kappa shape index (κ3) is 5.87. The van der Waals surface area contributed by atoms with Gasteiger partial charge in [-0.2, -0.15) is 0 Å². The fourth-order valence-electron chi connectivity index (χ4n) is 3.12. The van der Waals surface area contributed by atoms with Gasteiger partial charge in [0.1, 0.15) is 0 Å². The molecule has 1 amide bonds.